The van der Waals surface area contributed by atoms with Crippen LogP contribution in [0.5, 0.6) is 0 Å². The summed E-state index contributed by atoms with van der Waals surface area (Å²) in [5.41, 5.74) is 1.44. The summed E-state index contributed by atoms with van der Waals surface area (Å²) >= 11 is 0. The van der Waals surface area contributed by atoms with Gasteiger partial charge in [-0.15, -0.1) is 0 Å². The van der Waals surface area contributed by atoms with E-state index in [1.54, 1.807) is 24.3 Å². The predicted octanol–water partition coefficient (Wildman–Crippen LogP) is 0.721. The quantitative estimate of drug-likeness (QED) is 0.838. The topological polar surface area (TPSA) is 71.4 Å². The number of piperazine rings is 1. The van der Waals surface area contributed by atoms with Gasteiger partial charge in [-0.25, -0.2) is 0 Å². The second kappa shape index (κ2) is 7.95. The van der Waals surface area contributed by atoms with Crippen LogP contribution in [-0.2, 0) is 4.79 Å². The van der Waals surface area contributed by atoms with Gasteiger partial charge in [0.15, 0.2) is 0 Å². The maximum atomic E-state index is 12.1. The maximum absolute atomic E-state index is 12.1. The third-order valence-corrected chi connectivity index (χ3v) is 4.33. The Morgan fingerprint density at radius 2 is 2.04 bits per heavy atom. The molecule has 1 amide bonds. The Morgan fingerprint density at radius 1 is 1.35 bits per heavy atom. The lowest BCUT2D eigenvalue weighted by Gasteiger charge is -2.41. The number of nitriles is 1. The molecule has 1 aliphatic rings. The van der Waals surface area contributed by atoms with Crippen LogP contribution < -0.4 is 10.6 Å². The summed E-state index contributed by atoms with van der Waals surface area (Å²) in [5, 5.41) is 14.9. The van der Waals surface area contributed by atoms with Crippen LogP contribution in [0.25, 0.3) is 0 Å². The molecule has 0 spiro atoms. The molecule has 1 fully saturated rings. The Hall–Kier alpha value is -2.10. The van der Waals surface area contributed by atoms with E-state index in [0.717, 1.165) is 25.3 Å². The van der Waals surface area contributed by atoms with Crippen molar-refractivity contribution in [2.75, 3.05) is 45.6 Å². The molecular weight excluding hydrogens is 290 g/mol. The van der Waals surface area contributed by atoms with Crippen molar-refractivity contribution in [1.82, 2.24) is 15.1 Å². The molecule has 23 heavy (non-hydrogen) atoms. The Balaban J connectivity index is 1.80. The number of anilines is 1. The van der Waals surface area contributed by atoms with Crippen molar-refractivity contribution < 1.29 is 4.79 Å². The number of carbonyl (C=O) groups is 1. The molecule has 6 nitrogen and oxygen atoms in total. The van der Waals surface area contributed by atoms with E-state index in [9.17, 15) is 4.79 Å². The molecule has 6 heteroatoms. The average molecular weight is 315 g/mol. The van der Waals surface area contributed by atoms with Crippen molar-refractivity contribution in [2.24, 2.45) is 0 Å². The lowest BCUT2D eigenvalue weighted by molar-refractivity contribution is -0.120. The summed E-state index contributed by atoms with van der Waals surface area (Å²) < 4.78 is 0. The molecule has 1 aliphatic heterocycles. The molecule has 2 rings (SSSR count). The molecule has 0 aromatic heterocycles. The van der Waals surface area contributed by atoms with Crippen molar-refractivity contribution in [1.29, 1.82) is 5.26 Å². The van der Waals surface area contributed by atoms with Gasteiger partial charge in [-0.1, -0.05) is 0 Å². The summed E-state index contributed by atoms with van der Waals surface area (Å²) in [6.45, 7) is 5.32. The molecule has 0 bridgehead atoms. The first-order chi connectivity index (χ1) is 11.0. The van der Waals surface area contributed by atoms with Crippen LogP contribution in [0.3, 0.4) is 0 Å². The van der Waals surface area contributed by atoms with Gasteiger partial charge < -0.3 is 15.5 Å². The molecule has 0 aliphatic carbocycles. The zero-order chi connectivity index (χ0) is 16.8. The molecule has 124 valence electrons. The van der Waals surface area contributed by atoms with Gasteiger partial charge in [0, 0.05) is 37.4 Å². The molecule has 0 radical (unpaired) electrons. The summed E-state index contributed by atoms with van der Waals surface area (Å²) in [6.07, 6.45) is 0. The number of benzene rings is 1. The number of rotatable bonds is 5. The van der Waals surface area contributed by atoms with E-state index in [1.165, 1.54) is 0 Å². The van der Waals surface area contributed by atoms with Crippen molar-refractivity contribution >= 4 is 11.6 Å². The highest BCUT2D eigenvalue weighted by atomic mass is 16.2. The minimum atomic E-state index is -0.0245. The van der Waals surface area contributed by atoms with E-state index in [-0.39, 0.29) is 18.5 Å². The van der Waals surface area contributed by atoms with E-state index in [2.05, 4.69) is 47.5 Å². The Labute approximate surface area is 138 Å². The van der Waals surface area contributed by atoms with E-state index in [0.29, 0.717) is 11.6 Å². The smallest absolute Gasteiger partial charge is 0.239 e. The minimum Gasteiger partial charge on any atom is -0.376 e. The summed E-state index contributed by atoms with van der Waals surface area (Å²) in [6, 6.07) is 9.57. The highest BCUT2D eigenvalue weighted by Crippen LogP contribution is 2.10. The number of amides is 1. The molecule has 1 heterocycles. The molecule has 1 aromatic rings. The van der Waals surface area contributed by atoms with Crippen molar-refractivity contribution in [2.45, 2.75) is 19.0 Å². The molecule has 1 saturated heterocycles. The number of likely N-dealkylation sites (N-methyl/N-ethyl adjacent to an activating group) is 2. The first-order valence-corrected chi connectivity index (χ1v) is 7.92. The monoisotopic (exact) mass is 315 g/mol. The van der Waals surface area contributed by atoms with Crippen LogP contribution >= 0.6 is 0 Å². The maximum Gasteiger partial charge on any atom is 0.239 e. The number of nitrogens with zero attached hydrogens (tertiary/aromatic N) is 3. The standard InChI is InChI=1S/C17H25N5O/c1-13(16-12-21(2)8-9-22(16)3)20-17(23)11-19-15-6-4-14(10-18)5-7-15/h4-7,13,16,19H,8-9,11-12H2,1-3H3,(H,20,23). The van der Waals surface area contributed by atoms with Gasteiger partial charge in [-0.05, 0) is 45.3 Å². The third kappa shape index (κ3) is 4.95. The van der Waals surface area contributed by atoms with Crippen LogP contribution in [0.1, 0.15) is 12.5 Å². The molecule has 2 unspecified atom stereocenters. The summed E-state index contributed by atoms with van der Waals surface area (Å²) in [7, 11) is 4.22. The fraction of sp³-hybridized carbons (Fsp3) is 0.529. The van der Waals surface area contributed by atoms with Gasteiger partial charge in [0.05, 0.1) is 18.2 Å². The van der Waals surface area contributed by atoms with Crippen LogP contribution in [0.4, 0.5) is 5.69 Å². The van der Waals surface area contributed by atoms with Crippen molar-refractivity contribution in [3.63, 3.8) is 0 Å². The van der Waals surface area contributed by atoms with Crippen LogP contribution in [0.15, 0.2) is 24.3 Å². The third-order valence-electron chi connectivity index (χ3n) is 4.33. The molecule has 1 aromatic carbocycles. The zero-order valence-corrected chi connectivity index (χ0v) is 14.0. The van der Waals surface area contributed by atoms with Crippen LogP contribution in [0, 0.1) is 11.3 Å². The first kappa shape index (κ1) is 17.3. The average Bonchev–Trinajstić information content (AvgIpc) is 2.55. The normalized spacial score (nSPS) is 20.5. The Morgan fingerprint density at radius 3 is 2.70 bits per heavy atom. The van der Waals surface area contributed by atoms with Gasteiger partial charge in [0.25, 0.3) is 0 Å². The second-order valence-corrected chi connectivity index (χ2v) is 6.21. The van der Waals surface area contributed by atoms with Crippen LogP contribution in [0.2, 0.25) is 0 Å². The van der Waals surface area contributed by atoms with Crippen molar-refractivity contribution in [3.8, 4) is 6.07 Å². The molecule has 0 saturated carbocycles. The van der Waals surface area contributed by atoms with E-state index in [1.807, 2.05) is 0 Å². The van der Waals surface area contributed by atoms with Crippen molar-refractivity contribution in [3.05, 3.63) is 29.8 Å². The highest BCUT2D eigenvalue weighted by molar-refractivity contribution is 5.81. The van der Waals surface area contributed by atoms with Gasteiger partial charge in [-0.2, -0.15) is 5.26 Å². The molecular formula is C17H25N5O. The zero-order valence-electron chi connectivity index (χ0n) is 14.0. The fourth-order valence-corrected chi connectivity index (χ4v) is 2.83. The predicted molar refractivity (Wildman–Crippen MR) is 91.2 cm³/mol. The van der Waals surface area contributed by atoms with Gasteiger partial charge in [-0.3, -0.25) is 9.69 Å². The van der Waals surface area contributed by atoms with E-state index >= 15 is 0 Å². The summed E-state index contributed by atoms with van der Waals surface area (Å²) in [5.74, 6) is -0.0245. The lowest BCUT2D eigenvalue weighted by atomic mass is 10.1. The number of carbonyl (C=O) groups excluding carboxylic acids is 1. The van der Waals surface area contributed by atoms with Gasteiger partial charge in [0.2, 0.25) is 5.91 Å². The van der Waals surface area contributed by atoms with Gasteiger partial charge in [0.1, 0.15) is 0 Å². The molecule has 2 atom stereocenters. The van der Waals surface area contributed by atoms with Crippen LogP contribution in [-0.4, -0.2) is 68.1 Å². The fourth-order valence-electron chi connectivity index (χ4n) is 2.83. The highest BCUT2D eigenvalue weighted by Gasteiger charge is 2.27. The minimum absolute atomic E-state index is 0.0245. The summed E-state index contributed by atoms with van der Waals surface area (Å²) in [4.78, 5) is 16.7. The second-order valence-electron chi connectivity index (χ2n) is 6.21. The Bertz CT molecular complexity index is 565. The van der Waals surface area contributed by atoms with E-state index < -0.39 is 0 Å². The number of hydrogen-bond donors (Lipinski definition) is 2. The van der Waals surface area contributed by atoms with E-state index in [4.69, 9.17) is 5.26 Å². The molecule has 2 N–H and O–H groups in total. The SMILES string of the molecule is CC(NC(=O)CNc1ccc(C#N)cc1)C1CN(C)CCN1C. The largest absolute Gasteiger partial charge is 0.376 e. The van der Waals surface area contributed by atoms with Gasteiger partial charge >= 0.3 is 0 Å². The lowest BCUT2D eigenvalue weighted by Crippen LogP contribution is -2.58. The number of nitrogens with one attached hydrogen (secondary N) is 2. The number of hydrogen-bond acceptors (Lipinski definition) is 5. The first-order valence-electron chi connectivity index (χ1n) is 7.92. The Kier molecular flexibility index (Phi) is 5.97.